The number of aromatic amines is 1. The molecule has 1 amide bonds. The quantitative estimate of drug-likeness (QED) is 0.0561. The van der Waals surface area contributed by atoms with Gasteiger partial charge in [0.25, 0.3) is 17.2 Å². The van der Waals surface area contributed by atoms with Crippen LogP contribution in [0.5, 0.6) is 17.2 Å². The lowest BCUT2D eigenvalue weighted by Crippen LogP contribution is -2.46. The van der Waals surface area contributed by atoms with Crippen LogP contribution in [0.4, 0.5) is 5.69 Å². The molecule has 80 heavy (non-hydrogen) atoms. The maximum Gasteiger partial charge on any atom is 0.330 e. The van der Waals surface area contributed by atoms with Gasteiger partial charge in [-0.1, -0.05) is 64.9 Å². The highest BCUT2D eigenvalue weighted by molar-refractivity contribution is 6.19. The van der Waals surface area contributed by atoms with Crippen LogP contribution in [0.3, 0.4) is 0 Å². The number of rotatable bonds is 7. The maximum atomic E-state index is 14.7. The second kappa shape index (κ2) is 24.4. The third-order valence-electron chi connectivity index (χ3n) is 15.9. The molecule has 2 fully saturated rings. The Balaban J connectivity index is 0.000000409. The number of aromatic nitrogens is 2. The Morgan fingerprint density at radius 3 is 2.27 bits per heavy atom. The predicted octanol–water partition coefficient (Wildman–Crippen LogP) is 4.55. The van der Waals surface area contributed by atoms with Crippen LogP contribution < -0.4 is 32.0 Å². The molecule has 1 aromatic heterocycles. The molecule has 434 valence electrons. The number of piperidine rings is 1. The Hall–Kier alpha value is -6.92. The summed E-state index contributed by atoms with van der Waals surface area (Å²) >= 11 is 0. The van der Waals surface area contributed by atoms with E-state index >= 15 is 0 Å². The Labute approximate surface area is 462 Å². The number of Topliss-reactive ketones (excluding diaryl/α,β-unsaturated/α-hetero) is 1. The number of anilines is 1. The smallest absolute Gasteiger partial charge is 0.330 e. The van der Waals surface area contributed by atoms with Crippen LogP contribution >= 0.6 is 0 Å². The number of ether oxygens (including phenoxy) is 5. The minimum absolute atomic E-state index is 0.0364. The van der Waals surface area contributed by atoms with Crippen LogP contribution in [0.1, 0.15) is 109 Å². The summed E-state index contributed by atoms with van der Waals surface area (Å²) in [6, 6.07) is -0.542. The number of aromatic hydroxyl groups is 2. The summed E-state index contributed by atoms with van der Waals surface area (Å²) in [5.74, 6) is -6.44. The summed E-state index contributed by atoms with van der Waals surface area (Å²) in [7, 11) is 1.47. The number of nitrogens with one attached hydrogen (secondary N) is 2. The van der Waals surface area contributed by atoms with Crippen LogP contribution in [0.15, 0.2) is 67.0 Å². The van der Waals surface area contributed by atoms with Gasteiger partial charge >= 0.3 is 17.4 Å². The minimum atomic E-state index is -1.96. The topological polar surface area (TPSA) is 342 Å². The van der Waals surface area contributed by atoms with Gasteiger partial charge in [-0.3, -0.25) is 38.7 Å². The minimum Gasteiger partial charge on any atom is -0.507 e. The molecule has 2 aromatic carbocycles. The molecule has 4 bridgehead atoms. The van der Waals surface area contributed by atoms with Crippen LogP contribution in [-0.2, 0) is 28.5 Å². The van der Waals surface area contributed by atoms with Gasteiger partial charge in [0.2, 0.25) is 0 Å². The van der Waals surface area contributed by atoms with Crippen molar-refractivity contribution in [2.45, 2.75) is 150 Å². The third kappa shape index (κ3) is 12.1. The monoisotopic (exact) mass is 1110 g/mol. The maximum absolute atomic E-state index is 14.7. The van der Waals surface area contributed by atoms with Crippen molar-refractivity contribution in [1.82, 2.24) is 14.5 Å². The first-order valence-corrected chi connectivity index (χ1v) is 26.9. The van der Waals surface area contributed by atoms with Gasteiger partial charge in [-0.15, -0.1) is 0 Å². The molecule has 0 unspecified atom stereocenters. The van der Waals surface area contributed by atoms with Crippen LogP contribution in [0.2, 0.25) is 0 Å². The summed E-state index contributed by atoms with van der Waals surface area (Å²) in [5, 5.41) is 62.8. The highest BCUT2D eigenvalue weighted by atomic mass is 16.7. The van der Waals surface area contributed by atoms with Crippen molar-refractivity contribution in [3.05, 3.63) is 101 Å². The lowest BCUT2D eigenvalue weighted by atomic mass is 9.78. The number of hydrogen-bond acceptors (Lipinski definition) is 19. The van der Waals surface area contributed by atoms with E-state index in [1.807, 2.05) is 0 Å². The number of esters is 1. The van der Waals surface area contributed by atoms with Gasteiger partial charge in [0.15, 0.2) is 11.4 Å². The number of likely N-dealkylation sites (tertiary alicyclic amines) is 1. The first kappa shape index (κ1) is 60.7. The number of ketones is 1. The molecule has 3 aromatic rings. The van der Waals surface area contributed by atoms with E-state index in [1.54, 1.807) is 72.8 Å². The summed E-state index contributed by atoms with van der Waals surface area (Å²) < 4.78 is 30.7. The van der Waals surface area contributed by atoms with E-state index in [2.05, 4.69) is 39.1 Å². The van der Waals surface area contributed by atoms with E-state index in [1.165, 1.54) is 38.0 Å². The summed E-state index contributed by atoms with van der Waals surface area (Å²) in [4.78, 5) is 81.5. The Bertz CT molecular complexity index is 3280. The van der Waals surface area contributed by atoms with Crippen molar-refractivity contribution in [3.63, 3.8) is 0 Å². The van der Waals surface area contributed by atoms with Gasteiger partial charge in [0.05, 0.1) is 59.6 Å². The zero-order valence-corrected chi connectivity index (χ0v) is 47.3. The molecular formula is C56H75N9O15. The number of carbonyl (C=O) groups excluding carboxylic acids is 3. The van der Waals surface area contributed by atoms with Gasteiger partial charge in [-0.05, 0) is 38.3 Å². The van der Waals surface area contributed by atoms with Crippen molar-refractivity contribution in [3.8, 4) is 17.2 Å². The summed E-state index contributed by atoms with van der Waals surface area (Å²) in [5.41, 5.74) is 7.18. The van der Waals surface area contributed by atoms with Gasteiger partial charge in [-0.2, -0.15) is 0 Å². The van der Waals surface area contributed by atoms with E-state index in [0.717, 1.165) is 6.54 Å². The molecule has 8 rings (SSSR count). The molecule has 7 N–H and O–H groups in total. The first-order valence-electron chi connectivity index (χ1n) is 26.9. The largest absolute Gasteiger partial charge is 0.507 e. The normalized spacial score (nSPS) is 31.1. The number of aliphatic hydroxyl groups excluding tert-OH is 3. The number of amides is 1. The number of hydrogen-bond donors (Lipinski definition) is 7. The zero-order chi connectivity index (χ0) is 58.9. The van der Waals surface area contributed by atoms with E-state index in [4.69, 9.17) is 44.3 Å². The molecule has 24 heteroatoms. The number of aryl methyl sites for hydroxylation is 1. The molecule has 0 radical (unpaired) electrons. The van der Waals surface area contributed by atoms with Crippen molar-refractivity contribution in [2.24, 2.45) is 44.7 Å². The number of azide groups is 1. The number of phenols is 2. The summed E-state index contributed by atoms with van der Waals surface area (Å²) in [6.07, 6.45) is 5.36. The van der Waals surface area contributed by atoms with Crippen molar-refractivity contribution in [2.75, 3.05) is 38.7 Å². The molecule has 0 saturated carbocycles. The number of nitrogens with zero attached hydrogens (tertiary/aromatic N) is 7. The van der Waals surface area contributed by atoms with Crippen LogP contribution in [0.25, 0.3) is 21.2 Å². The van der Waals surface area contributed by atoms with E-state index < -0.39 is 113 Å². The molecule has 5 aliphatic rings. The SMILES string of the molecule is CO[C@H]1/C=C\O[C@@]2(C)Oc3c(C)c(O)c4c(O)c(c5c(c4c3C2=O)=NC2(CCN(CC(C)C)CC2)N=5)NC(=O)/C(C)=C/C=C\[C@H](C)[C@H](O)[C@@H](C)[C@@H](O)[C@H](C)[C@@H](OC(C)=O)[C@@H]1C.Cc1cn([C@H]2C[C@H](N=[N+]=[N-])[C@@H](CO)O2)c(=O)[nH]c1=O. The number of phenolic OH excluding ortho intramolecular Hbond substituents is 2. The van der Waals surface area contributed by atoms with Gasteiger partial charge in [-0.25, -0.2) is 4.79 Å². The van der Waals surface area contributed by atoms with E-state index in [-0.39, 0.29) is 68.4 Å². The standard InChI is InChI=1S/C46H62N4O11.C10H13N5O4/c1-22(2)21-50-18-16-46(17-19-50)48-34-31-32-39(54)28(8)42-33(31)43(56)45(10,61-42)59-20-15-30(58-11)25(5)41(60-29(9)51)27(7)38(53)26(6)37(52)23(3)13-12-14-24(4)44(57)47-36(40(32)55)35(34)49-46;1-5-3-15(10(18)12-9(5)17)8-2-6(13-14-11)7(4-16)19-8/h12-15,20,22-23,25-27,30,37-38,41,52-55H,16-19,21H2,1-11H3,(H,47,57);3,6-8,16H,2,4H2,1H3,(H,12,17,18)/b13-12-,20-15-,24-14+;/t23-,25+,26+,27-,30-,37-,38+,41-,45-;6-,7+,8+/m00/s1. The molecule has 0 aliphatic carbocycles. The number of carbonyl (C=O) groups is 3. The number of fused-ring (bicyclic) bond motifs is 1. The van der Waals surface area contributed by atoms with E-state index in [0.29, 0.717) is 37.4 Å². The first-order chi connectivity index (χ1) is 37.7. The Kier molecular flexibility index (Phi) is 18.5. The number of allylic oxidation sites excluding steroid dienone is 2. The van der Waals surface area contributed by atoms with Crippen molar-refractivity contribution < 1.29 is 63.6 Å². The lowest BCUT2D eigenvalue weighted by molar-refractivity contribution is -0.160. The number of aliphatic hydroxyl groups is 3. The van der Waals surface area contributed by atoms with Crippen LogP contribution in [0, 0.1) is 43.4 Å². The molecule has 6 heterocycles. The molecule has 5 aliphatic heterocycles. The second-order valence-corrected chi connectivity index (χ2v) is 22.3. The average Bonchev–Trinajstić information content (AvgIpc) is 4.11. The fourth-order valence-electron chi connectivity index (χ4n) is 11.2. The number of methoxy groups -OCH3 is 1. The molecule has 1 spiro atoms. The molecule has 24 nitrogen and oxygen atoms in total. The molecule has 2 saturated heterocycles. The Morgan fingerprint density at radius 2 is 1.65 bits per heavy atom. The van der Waals surface area contributed by atoms with Gasteiger partial charge in [0.1, 0.15) is 34.9 Å². The van der Waals surface area contributed by atoms with Gasteiger partial charge < -0.3 is 59.4 Å². The zero-order valence-electron chi connectivity index (χ0n) is 47.3. The van der Waals surface area contributed by atoms with E-state index in [9.17, 15) is 44.4 Å². The number of H-pyrrole nitrogens is 1. The predicted molar refractivity (Wildman–Crippen MR) is 292 cm³/mol. The average molecular weight is 1110 g/mol. The molecule has 12 atom stereocenters. The van der Waals surface area contributed by atoms with Crippen LogP contribution in [-0.4, -0.2) is 139 Å². The second-order valence-electron chi connectivity index (χ2n) is 22.3. The van der Waals surface area contributed by atoms with Crippen molar-refractivity contribution in [1.29, 1.82) is 0 Å². The summed E-state index contributed by atoms with van der Waals surface area (Å²) in [6.45, 7) is 20.8. The fraction of sp³-hybridized carbons (Fsp3) is 0.589. The Morgan fingerprint density at radius 1 is 0.975 bits per heavy atom. The number of benzene rings is 2. The molecular weight excluding hydrogens is 1040 g/mol. The lowest BCUT2D eigenvalue weighted by Gasteiger charge is -2.38. The van der Waals surface area contributed by atoms with Crippen molar-refractivity contribution >= 4 is 34.1 Å². The fourth-order valence-corrected chi connectivity index (χ4v) is 11.2. The third-order valence-corrected chi connectivity index (χ3v) is 15.9. The highest BCUT2D eigenvalue weighted by Crippen LogP contribution is 2.50. The highest BCUT2D eigenvalue weighted by Gasteiger charge is 2.50. The van der Waals surface area contributed by atoms with Gasteiger partial charge in [0, 0.05) is 117 Å².